The van der Waals surface area contributed by atoms with Crippen molar-refractivity contribution in [1.82, 2.24) is 0 Å². The van der Waals surface area contributed by atoms with E-state index >= 15 is 0 Å². The number of ether oxygens (including phenoxy) is 1. The van der Waals surface area contributed by atoms with Gasteiger partial charge in [-0.25, -0.2) is 0 Å². The molecule has 1 aromatic rings. The number of hydrogen-bond donors (Lipinski definition) is 0. The first-order chi connectivity index (χ1) is 5.46. The molecule has 0 saturated carbocycles. The zero-order valence-electron chi connectivity index (χ0n) is 7.77. The van der Waals surface area contributed by atoms with Gasteiger partial charge in [0.05, 0.1) is 7.11 Å². The van der Waals surface area contributed by atoms with Crippen LogP contribution in [0, 0.1) is 5.13 Å². The molecule has 0 radical (unpaired) electrons. The van der Waals surface area contributed by atoms with E-state index in [2.05, 4.69) is 0 Å². The molecule has 0 fully saturated rings. The summed E-state index contributed by atoms with van der Waals surface area (Å²) in [6.45, 7) is 5.92. The number of rotatable bonds is 1. The Balaban J connectivity index is 3.19. The molecule has 0 saturated heterocycles. The smallest absolute Gasteiger partial charge is 0.183 e. The summed E-state index contributed by atoms with van der Waals surface area (Å²) >= 11 is 1.09. The molecular weight excluding hydrogens is 175 g/mol. The van der Waals surface area contributed by atoms with Gasteiger partial charge in [0.2, 0.25) is 0 Å². The molecule has 0 amide bonds. The fraction of sp³-hybridized carbons (Fsp3) is 0.556. The topological polar surface area (TPSA) is 9.23 Å². The van der Waals surface area contributed by atoms with E-state index in [-0.39, 0.29) is 10.5 Å². The normalized spacial score (nSPS) is 11.8. The van der Waals surface area contributed by atoms with Crippen molar-refractivity contribution in [2.45, 2.75) is 26.2 Å². The first kappa shape index (κ1) is 9.52. The van der Waals surface area contributed by atoms with Gasteiger partial charge in [0.15, 0.2) is 5.13 Å². The van der Waals surface area contributed by atoms with Crippen LogP contribution < -0.4 is 4.74 Å². The maximum absolute atomic E-state index is 13.2. The first-order valence-corrected chi connectivity index (χ1v) is 4.66. The van der Waals surface area contributed by atoms with Gasteiger partial charge in [0.25, 0.3) is 0 Å². The van der Waals surface area contributed by atoms with Crippen molar-refractivity contribution in [3.05, 3.63) is 16.1 Å². The van der Waals surface area contributed by atoms with Crippen molar-refractivity contribution < 1.29 is 9.13 Å². The van der Waals surface area contributed by atoms with Gasteiger partial charge in [-0.1, -0.05) is 20.8 Å². The Labute approximate surface area is 76.2 Å². The van der Waals surface area contributed by atoms with Gasteiger partial charge in [-0.15, -0.1) is 11.3 Å². The molecule has 1 aromatic heterocycles. The van der Waals surface area contributed by atoms with E-state index in [1.165, 1.54) is 0 Å². The van der Waals surface area contributed by atoms with Crippen LogP contribution in [0.15, 0.2) is 5.38 Å². The maximum Gasteiger partial charge on any atom is 0.183 e. The minimum absolute atomic E-state index is 0.139. The highest BCUT2D eigenvalue weighted by Gasteiger charge is 2.24. The van der Waals surface area contributed by atoms with E-state index in [1.807, 2.05) is 20.8 Å². The fourth-order valence-corrected chi connectivity index (χ4v) is 2.08. The minimum atomic E-state index is -0.185. The van der Waals surface area contributed by atoms with Crippen LogP contribution in [-0.2, 0) is 5.41 Å². The molecule has 1 nitrogen and oxygen atoms in total. The van der Waals surface area contributed by atoms with Gasteiger partial charge in [-0.05, 0) is 5.41 Å². The van der Waals surface area contributed by atoms with Gasteiger partial charge in [0, 0.05) is 10.9 Å². The van der Waals surface area contributed by atoms with Gasteiger partial charge >= 0.3 is 0 Å². The molecule has 0 atom stereocenters. The highest BCUT2D eigenvalue weighted by atomic mass is 32.1. The third-order valence-corrected chi connectivity index (χ3v) is 2.43. The molecule has 68 valence electrons. The van der Waals surface area contributed by atoms with Crippen LogP contribution in [0.4, 0.5) is 4.39 Å². The van der Waals surface area contributed by atoms with Crippen LogP contribution >= 0.6 is 11.3 Å². The lowest BCUT2D eigenvalue weighted by atomic mass is 9.88. The summed E-state index contributed by atoms with van der Waals surface area (Å²) in [6, 6.07) is 0. The SMILES string of the molecule is COc1csc(F)c1C(C)(C)C. The Morgan fingerprint density at radius 2 is 2.00 bits per heavy atom. The average Bonchev–Trinajstić information content (AvgIpc) is 2.29. The van der Waals surface area contributed by atoms with Crippen molar-refractivity contribution in [2.75, 3.05) is 7.11 Å². The van der Waals surface area contributed by atoms with Crippen LogP contribution in [0.25, 0.3) is 0 Å². The Bertz CT molecular complexity index is 273. The Morgan fingerprint density at radius 1 is 1.42 bits per heavy atom. The van der Waals surface area contributed by atoms with Crippen molar-refractivity contribution in [3.8, 4) is 5.75 Å². The van der Waals surface area contributed by atoms with Crippen LogP contribution in [-0.4, -0.2) is 7.11 Å². The highest BCUT2D eigenvalue weighted by Crippen LogP contribution is 2.37. The second-order valence-electron chi connectivity index (χ2n) is 3.70. The zero-order valence-corrected chi connectivity index (χ0v) is 8.59. The van der Waals surface area contributed by atoms with Gasteiger partial charge in [-0.2, -0.15) is 4.39 Å². The molecule has 0 bridgehead atoms. The molecule has 0 spiro atoms. The molecule has 0 aliphatic heterocycles. The third-order valence-electron chi connectivity index (χ3n) is 1.68. The Hall–Kier alpha value is -0.570. The van der Waals surface area contributed by atoms with E-state index in [0.717, 1.165) is 11.3 Å². The van der Waals surface area contributed by atoms with E-state index < -0.39 is 0 Å². The molecular formula is C9H13FOS. The lowest BCUT2D eigenvalue weighted by Crippen LogP contribution is -2.12. The molecule has 0 aliphatic carbocycles. The Morgan fingerprint density at radius 3 is 2.33 bits per heavy atom. The van der Waals surface area contributed by atoms with E-state index in [1.54, 1.807) is 12.5 Å². The van der Waals surface area contributed by atoms with Crippen molar-refractivity contribution >= 4 is 11.3 Å². The molecule has 0 unspecified atom stereocenters. The second-order valence-corrected chi connectivity index (χ2v) is 4.53. The monoisotopic (exact) mass is 188 g/mol. The highest BCUT2D eigenvalue weighted by molar-refractivity contribution is 7.08. The number of halogens is 1. The van der Waals surface area contributed by atoms with Crippen molar-refractivity contribution in [3.63, 3.8) is 0 Å². The van der Waals surface area contributed by atoms with Crippen LogP contribution in [0.2, 0.25) is 0 Å². The van der Waals surface area contributed by atoms with Crippen LogP contribution in [0.3, 0.4) is 0 Å². The average molecular weight is 188 g/mol. The van der Waals surface area contributed by atoms with E-state index in [9.17, 15) is 4.39 Å². The largest absolute Gasteiger partial charge is 0.495 e. The summed E-state index contributed by atoms with van der Waals surface area (Å²) in [6.07, 6.45) is 0. The van der Waals surface area contributed by atoms with E-state index in [4.69, 9.17) is 4.74 Å². The zero-order chi connectivity index (χ0) is 9.35. The quantitative estimate of drug-likeness (QED) is 0.657. The van der Waals surface area contributed by atoms with Crippen molar-refractivity contribution in [1.29, 1.82) is 0 Å². The molecule has 1 rings (SSSR count). The van der Waals surface area contributed by atoms with Gasteiger partial charge in [0.1, 0.15) is 5.75 Å². The summed E-state index contributed by atoms with van der Waals surface area (Å²) < 4.78 is 18.3. The predicted molar refractivity (Wildman–Crippen MR) is 49.5 cm³/mol. The second kappa shape index (κ2) is 3.05. The summed E-state index contributed by atoms with van der Waals surface area (Å²) in [7, 11) is 1.57. The molecule has 0 aliphatic rings. The molecule has 0 aromatic carbocycles. The minimum Gasteiger partial charge on any atom is -0.495 e. The first-order valence-electron chi connectivity index (χ1n) is 3.78. The van der Waals surface area contributed by atoms with E-state index in [0.29, 0.717) is 11.3 Å². The third kappa shape index (κ3) is 1.61. The standard InChI is InChI=1S/C9H13FOS/c1-9(2,3)7-6(11-4)5-12-8(7)10/h5H,1-4H3. The molecule has 3 heteroatoms. The predicted octanol–water partition coefficient (Wildman–Crippen LogP) is 3.19. The molecule has 12 heavy (non-hydrogen) atoms. The van der Waals surface area contributed by atoms with Crippen LogP contribution in [0.5, 0.6) is 5.75 Å². The molecule has 1 heterocycles. The maximum atomic E-state index is 13.2. The lowest BCUT2D eigenvalue weighted by molar-refractivity contribution is 0.394. The number of methoxy groups -OCH3 is 1. The summed E-state index contributed by atoms with van der Waals surface area (Å²) in [5.74, 6) is 0.657. The fourth-order valence-electron chi connectivity index (χ4n) is 1.13. The van der Waals surface area contributed by atoms with Gasteiger partial charge in [-0.3, -0.25) is 0 Å². The van der Waals surface area contributed by atoms with Crippen molar-refractivity contribution in [2.24, 2.45) is 0 Å². The molecule has 0 N–H and O–H groups in total. The summed E-state index contributed by atoms with van der Waals surface area (Å²) in [5.41, 5.74) is 0.491. The summed E-state index contributed by atoms with van der Waals surface area (Å²) in [4.78, 5) is 0. The number of thiophene rings is 1. The number of hydrogen-bond acceptors (Lipinski definition) is 2. The lowest BCUT2D eigenvalue weighted by Gasteiger charge is -2.18. The van der Waals surface area contributed by atoms with Gasteiger partial charge < -0.3 is 4.74 Å². The summed E-state index contributed by atoms with van der Waals surface area (Å²) in [5, 5.41) is 1.56. The Kier molecular flexibility index (Phi) is 2.42. The van der Waals surface area contributed by atoms with Crippen LogP contribution in [0.1, 0.15) is 26.3 Å².